The topological polar surface area (TPSA) is 48.4 Å². The van der Waals surface area contributed by atoms with Crippen LogP contribution in [-0.4, -0.2) is 11.0 Å². The first-order valence-corrected chi connectivity index (χ1v) is 6.02. The van der Waals surface area contributed by atoms with Gasteiger partial charge in [-0.05, 0) is 34.1 Å². The van der Waals surface area contributed by atoms with Crippen molar-refractivity contribution in [3.8, 4) is 17.4 Å². The number of halogens is 1. The number of aromatic nitrogens is 1. The number of hydrogen-bond acceptors (Lipinski definition) is 4. The molecule has 2 rings (SSSR count). The molecule has 0 aliphatic carbocycles. The molecule has 0 spiro atoms. The fraction of sp³-hybridized carbons (Fsp3) is 0.0769. The van der Waals surface area contributed by atoms with Gasteiger partial charge in [-0.3, -0.25) is 4.79 Å². The number of carbonyl (C=O) groups is 1. The van der Waals surface area contributed by atoms with Crippen LogP contribution in [0, 0.1) is 0 Å². The molecule has 1 aromatic heterocycles. The van der Waals surface area contributed by atoms with E-state index in [1.54, 1.807) is 36.5 Å². The van der Waals surface area contributed by atoms with E-state index in [1.807, 2.05) is 6.07 Å². The zero-order valence-electron chi connectivity index (χ0n) is 9.59. The lowest BCUT2D eigenvalue weighted by Crippen LogP contribution is -2.03. The van der Waals surface area contributed by atoms with Gasteiger partial charge in [-0.25, -0.2) is 4.98 Å². The number of pyridine rings is 1. The minimum atomic E-state index is -0.404. The monoisotopic (exact) mass is 307 g/mol. The van der Waals surface area contributed by atoms with Gasteiger partial charge < -0.3 is 9.47 Å². The summed E-state index contributed by atoms with van der Waals surface area (Å²) in [6.45, 7) is 1.34. The predicted octanol–water partition coefficient (Wildman–Crippen LogP) is 3.56. The van der Waals surface area contributed by atoms with Gasteiger partial charge >= 0.3 is 5.97 Å². The highest BCUT2D eigenvalue weighted by molar-refractivity contribution is 9.10. The van der Waals surface area contributed by atoms with Crippen LogP contribution < -0.4 is 9.47 Å². The summed E-state index contributed by atoms with van der Waals surface area (Å²) in [6, 6.07) is 10.5. The molecule has 2 aromatic rings. The number of para-hydroxylation sites is 1. The van der Waals surface area contributed by atoms with Crippen LogP contribution >= 0.6 is 15.9 Å². The molecule has 0 unspecified atom stereocenters. The van der Waals surface area contributed by atoms with Crippen molar-refractivity contribution >= 4 is 21.9 Å². The highest BCUT2D eigenvalue weighted by Gasteiger charge is 2.12. The molecule has 0 fully saturated rings. The van der Waals surface area contributed by atoms with Crippen LogP contribution in [0.25, 0.3) is 0 Å². The van der Waals surface area contributed by atoms with E-state index in [4.69, 9.17) is 9.47 Å². The zero-order valence-corrected chi connectivity index (χ0v) is 11.2. The Morgan fingerprint density at radius 3 is 2.72 bits per heavy atom. The summed E-state index contributed by atoms with van der Waals surface area (Å²) in [5.74, 6) is 0.797. The summed E-state index contributed by atoms with van der Waals surface area (Å²) in [7, 11) is 0. The number of hydrogen-bond donors (Lipinski definition) is 0. The fourth-order valence-corrected chi connectivity index (χ4v) is 1.76. The number of benzene rings is 1. The van der Waals surface area contributed by atoms with Gasteiger partial charge in [0.1, 0.15) is 0 Å². The van der Waals surface area contributed by atoms with Gasteiger partial charge in [-0.15, -0.1) is 0 Å². The van der Waals surface area contributed by atoms with Crippen LogP contribution in [0.2, 0.25) is 0 Å². The van der Waals surface area contributed by atoms with Crippen LogP contribution in [0.4, 0.5) is 0 Å². The van der Waals surface area contributed by atoms with Crippen LogP contribution in [0.1, 0.15) is 6.92 Å². The van der Waals surface area contributed by atoms with E-state index in [1.165, 1.54) is 6.92 Å². The Labute approximate surface area is 113 Å². The van der Waals surface area contributed by atoms with E-state index in [2.05, 4.69) is 20.9 Å². The Bertz CT molecular complexity index is 557. The molecule has 0 aliphatic heterocycles. The van der Waals surface area contributed by atoms with Gasteiger partial charge in [0.25, 0.3) is 0 Å². The molecule has 1 heterocycles. The Kier molecular flexibility index (Phi) is 3.94. The Morgan fingerprint density at radius 2 is 2.06 bits per heavy atom. The maximum absolute atomic E-state index is 11.0. The molecule has 0 atom stereocenters. The first-order chi connectivity index (χ1) is 8.66. The summed E-state index contributed by atoms with van der Waals surface area (Å²) in [6.07, 6.45) is 1.62. The van der Waals surface area contributed by atoms with E-state index in [0.717, 1.165) is 0 Å². The second-order valence-corrected chi connectivity index (χ2v) is 4.29. The van der Waals surface area contributed by atoms with Crippen molar-refractivity contribution in [2.45, 2.75) is 6.92 Å². The Hall–Kier alpha value is -1.88. The smallest absolute Gasteiger partial charge is 0.308 e. The largest absolute Gasteiger partial charge is 0.434 e. The molecular formula is C13H10BrNO3. The van der Waals surface area contributed by atoms with E-state index < -0.39 is 5.97 Å². The standard InChI is InChI=1S/C13H10BrNO3/c1-9(16)17-11-6-4-5-10(14)13(11)18-12-7-2-3-8-15-12/h2-8H,1H3. The van der Waals surface area contributed by atoms with Crippen molar-refractivity contribution in [3.63, 3.8) is 0 Å². The maximum atomic E-state index is 11.0. The van der Waals surface area contributed by atoms with Gasteiger partial charge in [-0.2, -0.15) is 0 Å². The van der Waals surface area contributed by atoms with Gasteiger partial charge in [0.15, 0.2) is 11.5 Å². The number of ether oxygens (including phenoxy) is 2. The third-order valence-corrected chi connectivity index (χ3v) is 2.65. The summed E-state index contributed by atoms with van der Waals surface area (Å²) < 4.78 is 11.4. The Balaban J connectivity index is 2.34. The normalized spacial score (nSPS) is 9.89. The van der Waals surface area contributed by atoms with E-state index in [9.17, 15) is 4.79 Å². The summed E-state index contributed by atoms with van der Waals surface area (Å²) in [5, 5.41) is 0. The lowest BCUT2D eigenvalue weighted by molar-refractivity contribution is -0.132. The molecule has 0 saturated heterocycles. The van der Waals surface area contributed by atoms with Crippen molar-refractivity contribution in [2.75, 3.05) is 0 Å². The van der Waals surface area contributed by atoms with Gasteiger partial charge in [0, 0.05) is 19.2 Å². The van der Waals surface area contributed by atoms with Crippen LogP contribution in [0.5, 0.6) is 17.4 Å². The predicted molar refractivity (Wildman–Crippen MR) is 69.8 cm³/mol. The van der Waals surface area contributed by atoms with Gasteiger partial charge in [0.2, 0.25) is 5.88 Å². The van der Waals surface area contributed by atoms with Crippen LogP contribution in [0.15, 0.2) is 47.1 Å². The van der Waals surface area contributed by atoms with Gasteiger partial charge in [0.05, 0.1) is 4.47 Å². The zero-order chi connectivity index (χ0) is 13.0. The first kappa shape index (κ1) is 12.6. The average molecular weight is 308 g/mol. The molecule has 0 bridgehead atoms. The second kappa shape index (κ2) is 5.64. The first-order valence-electron chi connectivity index (χ1n) is 5.22. The minimum Gasteiger partial charge on any atom is -0.434 e. The minimum absolute atomic E-state index is 0.350. The maximum Gasteiger partial charge on any atom is 0.308 e. The Morgan fingerprint density at radius 1 is 1.22 bits per heavy atom. The SMILES string of the molecule is CC(=O)Oc1cccc(Br)c1Oc1ccccn1. The lowest BCUT2D eigenvalue weighted by atomic mass is 10.3. The molecule has 5 heteroatoms. The van der Waals surface area contributed by atoms with E-state index in [-0.39, 0.29) is 0 Å². The average Bonchev–Trinajstić information content (AvgIpc) is 2.34. The van der Waals surface area contributed by atoms with Crippen LogP contribution in [0.3, 0.4) is 0 Å². The molecule has 0 saturated carbocycles. The number of nitrogens with zero attached hydrogens (tertiary/aromatic N) is 1. The number of esters is 1. The molecule has 0 radical (unpaired) electrons. The third-order valence-electron chi connectivity index (χ3n) is 2.03. The summed E-state index contributed by atoms with van der Waals surface area (Å²) >= 11 is 3.35. The van der Waals surface area contributed by atoms with Crippen molar-refractivity contribution < 1.29 is 14.3 Å². The van der Waals surface area contributed by atoms with Crippen molar-refractivity contribution in [1.29, 1.82) is 0 Å². The third kappa shape index (κ3) is 3.07. The molecule has 4 nitrogen and oxygen atoms in total. The quantitative estimate of drug-likeness (QED) is 0.642. The summed E-state index contributed by atoms with van der Waals surface area (Å²) in [4.78, 5) is 15.1. The second-order valence-electron chi connectivity index (χ2n) is 3.43. The highest BCUT2D eigenvalue weighted by atomic mass is 79.9. The summed E-state index contributed by atoms with van der Waals surface area (Å²) in [5.41, 5.74) is 0. The van der Waals surface area contributed by atoms with Gasteiger partial charge in [-0.1, -0.05) is 12.1 Å². The molecule has 0 amide bonds. The number of rotatable bonds is 3. The lowest BCUT2D eigenvalue weighted by Gasteiger charge is -2.11. The molecule has 1 aromatic carbocycles. The molecule has 18 heavy (non-hydrogen) atoms. The molecule has 0 N–H and O–H groups in total. The highest BCUT2D eigenvalue weighted by Crippen LogP contribution is 2.37. The molecular weight excluding hydrogens is 298 g/mol. The number of carbonyl (C=O) groups excluding carboxylic acids is 1. The van der Waals surface area contributed by atoms with Crippen LogP contribution in [-0.2, 0) is 4.79 Å². The van der Waals surface area contributed by atoms with Crippen molar-refractivity contribution in [3.05, 3.63) is 47.1 Å². The van der Waals surface area contributed by atoms with E-state index in [0.29, 0.717) is 21.9 Å². The van der Waals surface area contributed by atoms with Crippen molar-refractivity contribution in [2.24, 2.45) is 0 Å². The molecule has 92 valence electrons. The molecule has 0 aliphatic rings. The van der Waals surface area contributed by atoms with E-state index >= 15 is 0 Å². The fourth-order valence-electron chi connectivity index (χ4n) is 1.34. The van der Waals surface area contributed by atoms with Crippen molar-refractivity contribution in [1.82, 2.24) is 4.98 Å².